The molecule has 0 fully saturated rings. The van der Waals surface area contributed by atoms with Gasteiger partial charge in [-0.1, -0.05) is 20.3 Å². The van der Waals surface area contributed by atoms with Crippen LogP contribution < -0.4 is 0 Å². The van der Waals surface area contributed by atoms with Crippen molar-refractivity contribution in [1.29, 1.82) is 0 Å². The third-order valence-electron chi connectivity index (χ3n) is 1.12. The Bertz CT molecular complexity index is 48.3. The quantitative estimate of drug-likeness (QED) is 0.808. The second kappa shape index (κ2) is 8.97. The maximum Gasteiger partial charge on any atom is 0.0270 e. The minimum atomic E-state index is 0. The standard InChI is InChI=1S/C6H14NO.U/c1-3-6(5-8)7-4-2;/h6,8H,3-5H2,1-2H3;/q-1;. The summed E-state index contributed by atoms with van der Waals surface area (Å²) in [6.45, 7) is 5.03. The molecule has 0 saturated carbocycles. The van der Waals surface area contributed by atoms with E-state index >= 15 is 0 Å². The van der Waals surface area contributed by atoms with E-state index in [-0.39, 0.29) is 43.8 Å². The van der Waals surface area contributed by atoms with E-state index in [9.17, 15) is 0 Å². The van der Waals surface area contributed by atoms with Crippen LogP contribution >= 0.6 is 0 Å². The normalized spacial score (nSPS) is 12.3. The summed E-state index contributed by atoms with van der Waals surface area (Å²) >= 11 is 0. The smallest absolute Gasteiger partial charge is 0.0270 e. The molecule has 0 spiro atoms. The molecule has 9 heavy (non-hydrogen) atoms. The van der Waals surface area contributed by atoms with Gasteiger partial charge in [0.2, 0.25) is 0 Å². The maximum absolute atomic E-state index is 8.56. The van der Waals surface area contributed by atoms with Gasteiger partial charge >= 0.3 is 0 Å². The van der Waals surface area contributed by atoms with Gasteiger partial charge in [-0.05, 0) is 0 Å². The van der Waals surface area contributed by atoms with Gasteiger partial charge in [-0.3, -0.25) is 0 Å². The van der Waals surface area contributed by atoms with Crippen molar-refractivity contribution in [2.45, 2.75) is 26.3 Å². The fraction of sp³-hybridized carbons (Fsp3) is 1.00. The molecule has 1 N–H and O–H groups in total. The van der Waals surface area contributed by atoms with Crippen LogP contribution in [0.1, 0.15) is 20.3 Å². The largest absolute Gasteiger partial charge is 0.658 e. The molecule has 0 aromatic rings. The van der Waals surface area contributed by atoms with Crippen LogP contribution in [-0.4, -0.2) is 24.3 Å². The summed E-state index contributed by atoms with van der Waals surface area (Å²) in [4.78, 5) is 0. The molecule has 0 saturated heterocycles. The fourth-order valence-electron chi connectivity index (χ4n) is 0.574. The first-order valence-electron chi connectivity index (χ1n) is 3.12. The first-order valence-corrected chi connectivity index (χ1v) is 3.12. The number of rotatable bonds is 4. The molecule has 0 aromatic heterocycles. The van der Waals surface area contributed by atoms with Crippen LogP contribution in [0.5, 0.6) is 0 Å². The van der Waals surface area contributed by atoms with Crippen molar-refractivity contribution in [2.75, 3.05) is 13.2 Å². The summed E-state index contributed by atoms with van der Waals surface area (Å²) in [6.07, 6.45) is 0.949. The summed E-state index contributed by atoms with van der Waals surface area (Å²) < 4.78 is 0. The molecular formula is C6H14NOU-. The van der Waals surface area contributed by atoms with Gasteiger partial charge in [0, 0.05) is 37.7 Å². The van der Waals surface area contributed by atoms with Crippen LogP contribution in [0.3, 0.4) is 0 Å². The Morgan fingerprint density at radius 3 is 2.11 bits per heavy atom. The molecule has 1 atom stereocenters. The van der Waals surface area contributed by atoms with Gasteiger partial charge in [-0.15, -0.1) is 6.04 Å². The van der Waals surface area contributed by atoms with E-state index in [1.807, 2.05) is 13.8 Å². The van der Waals surface area contributed by atoms with Gasteiger partial charge in [0.25, 0.3) is 0 Å². The predicted molar refractivity (Wildman–Crippen MR) is 35.1 cm³/mol. The van der Waals surface area contributed by atoms with E-state index in [1.165, 1.54) is 0 Å². The Labute approximate surface area is 80.8 Å². The first-order chi connectivity index (χ1) is 3.85. The minimum Gasteiger partial charge on any atom is -0.658 e. The molecule has 0 amide bonds. The molecule has 1 unspecified atom stereocenters. The summed E-state index contributed by atoms with van der Waals surface area (Å²) in [5.74, 6) is 0. The Morgan fingerprint density at radius 2 is 2.00 bits per heavy atom. The Kier molecular flexibility index (Phi) is 12.6. The third-order valence-corrected chi connectivity index (χ3v) is 1.12. The molecule has 0 aromatic carbocycles. The summed E-state index contributed by atoms with van der Waals surface area (Å²) in [5, 5.41) is 12.7. The molecule has 0 radical (unpaired) electrons. The topological polar surface area (TPSA) is 34.3 Å². The molecule has 3 heteroatoms. The number of likely N-dealkylation sites (N-methyl/N-ethyl adjacent to an activating group) is 1. The molecule has 0 rings (SSSR count). The number of aliphatic hydroxyl groups excluding tert-OH is 1. The second-order valence-electron chi connectivity index (χ2n) is 1.74. The van der Waals surface area contributed by atoms with Crippen molar-refractivity contribution in [3.05, 3.63) is 5.32 Å². The maximum atomic E-state index is 8.56. The minimum absolute atomic E-state index is 0. The van der Waals surface area contributed by atoms with Gasteiger partial charge < -0.3 is 10.4 Å². The molecule has 0 bridgehead atoms. The monoisotopic (exact) mass is 354 g/mol. The van der Waals surface area contributed by atoms with E-state index in [1.54, 1.807) is 0 Å². The average Bonchev–Trinajstić information content (AvgIpc) is 1.83. The van der Waals surface area contributed by atoms with Crippen molar-refractivity contribution >= 4 is 0 Å². The molecule has 0 aliphatic rings. The number of aliphatic hydroxyl groups is 1. The third kappa shape index (κ3) is 6.86. The molecule has 2 nitrogen and oxygen atoms in total. The van der Waals surface area contributed by atoms with Gasteiger partial charge in [0.05, 0.1) is 0 Å². The average molecular weight is 354 g/mol. The zero-order valence-electron chi connectivity index (χ0n) is 6.09. The molecule has 54 valence electrons. The van der Waals surface area contributed by atoms with Crippen molar-refractivity contribution in [1.82, 2.24) is 0 Å². The van der Waals surface area contributed by atoms with Crippen molar-refractivity contribution < 1.29 is 36.2 Å². The zero-order valence-corrected chi connectivity index (χ0v) is 10.3. The number of hydrogen-bond donors (Lipinski definition) is 1. The van der Waals surface area contributed by atoms with E-state index in [4.69, 9.17) is 5.11 Å². The van der Waals surface area contributed by atoms with E-state index < -0.39 is 0 Å². The molecule has 0 heterocycles. The summed E-state index contributed by atoms with van der Waals surface area (Å²) in [5.41, 5.74) is 0. The summed E-state index contributed by atoms with van der Waals surface area (Å²) in [6, 6.07) is 0.181. The fourth-order valence-corrected chi connectivity index (χ4v) is 0.574. The van der Waals surface area contributed by atoms with Gasteiger partial charge in [0.1, 0.15) is 0 Å². The van der Waals surface area contributed by atoms with Crippen LogP contribution in [-0.2, 0) is 0 Å². The van der Waals surface area contributed by atoms with Gasteiger partial charge in [0.15, 0.2) is 0 Å². The van der Waals surface area contributed by atoms with Crippen LogP contribution in [0.25, 0.3) is 5.32 Å². The van der Waals surface area contributed by atoms with Gasteiger partial charge in [-0.2, -0.15) is 6.54 Å². The van der Waals surface area contributed by atoms with Crippen molar-refractivity contribution in [2.24, 2.45) is 0 Å². The van der Waals surface area contributed by atoms with Crippen molar-refractivity contribution in [3.8, 4) is 0 Å². The second-order valence-corrected chi connectivity index (χ2v) is 1.74. The molecular weight excluding hydrogens is 340 g/mol. The molecule has 0 aliphatic carbocycles. The van der Waals surface area contributed by atoms with Crippen LogP contribution in [0.15, 0.2) is 0 Å². The Morgan fingerprint density at radius 1 is 1.44 bits per heavy atom. The van der Waals surface area contributed by atoms with E-state index in [0.717, 1.165) is 13.0 Å². The van der Waals surface area contributed by atoms with Crippen molar-refractivity contribution in [3.63, 3.8) is 0 Å². The predicted octanol–water partition coefficient (Wildman–Crippen LogP) is 1.15. The first kappa shape index (κ1) is 12.6. The number of nitrogens with zero attached hydrogens (tertiary/aromatic N) is 1. The number of hydrogen-bond acceptors (Lipinski definition) is 1. The Hall–Kier alpha value is 0.972. The van der Waals surface area contributed by atoms with Crippen LogP contribution in [0, 0.1) is 31.1 Å². The summed E-state index contributed by atoms with van der Waals surface area (Å²) in [7, 11) is 0. The SMILES string of the molecule is CC[N-]C(CC)CO.[U]. The van der Waals surface area contributed by atoms with E-state index in [2.05, 4.69) is 5.32 Å². The Balaban J connectivity index is 0. The van der Waals surface area contributed by atoms with E-state index in [0.29, 0.717) is 0 Å². The van der Waals surface area contributed by atoms with Crippen LogP contribution in [0.2, 0.25) is 0 Å². The molecule has 0 aliphatic heterocycles. The van der Waals surface area contributed by atoms with Gasteiger partial charge in [-0.25, -0.2) is 0 Å². The zero-order chi connectivity index (χ0) is 6.41. The van der Waals surface area contributed by atoms with Crippen LogP contribution in [0.4, 0.5) is 0 Å².